The van der Waals surface area contributed by atoms with Crippen LogP contribution in [0.5, 0.6) is 11.6 Å². The molecule has 0 atom stereocenters. The van der Waals surface area contributed by atoms with Crippen molar-refractivity contribution >= 4 is 23.2 Å². The highest BCUT2D eigenvalue weighted by Crippen LogP contribution is 2.28. The van der Waals surface area contributed by atoms with Crippen LogP contribution in [0.1, 0.15) is 15.9 Å². The number of hydrogen-bond donors (Lipinski definition) is 1. The van der Waals surface area contributed by atoms with Crippen molar-refractivity contribution in [1.29, 1.82) is 0 Å². The smallest absolute Gasteiger partial charge is 0.255 e. The molecule has 0 aliphatic carbocycles. The molecular weight excluding hydrogens is 352 g/mol. The molecule has 3 aromatic rings. The predicted molar refractivity (Wildman–Crippen MR) is 101 cm³/mol. The van der Waals surface area contributed by atoms with Gasteiger partial charge in [0.2, 0.25) is 5.88 Å². The van der Waals surface area contributed by atoms with Crippen molar-refractivity contribution in [2.45, 2.75) is 6.61 Å². The zero-order valence-corrected chi connectivity index (χ0v) is 14.9. The minimum atomic E-state index is -0.261. The van der Waals surface area contributed by atoms with E-state index >= 15 is 0 Å². The van der Waals surface area contributed by atoms with E-state index in [0.29, 0.717) is 22.0 Å². The Morgan fingerprint density at radius 2 is 1.85 bits per heavy atom. The van der Waals surface area contributed by atoms with Gasteiger partial charge in [-0.3, -0.25) is 4.79 Å². The molecule has 0 aliphatic rings. The highest BCUT2D eigenvalue weighted by Gasteiger charge is 2.13. The zero-order chi connectivity index (χ0) is 18.4. The summed E-state index contributed by atoms with van der Waals surface area (Å²) in [5, 5.41) is 3.42. The van der Waals surface area contributed by atoms with E-state index in [1.807, 2.05) is 24.3 Å². The van der Waals surface area contributed by atoms with Gasteiger partial charge in [0.05, 0.1) is 13.3 Å². The first kappa shape index (κ1) is 17.8. The normalized spacial score (nSPS) is 10.2. The Kier molecular flexibility index (Phi) is 5.71. The van der Waals surface area contributed by atoms with Crippen LogP contribution in [0, 0.1) is 0 Å². The standard InChI is InChI=1S/C20H17ClN2O3/c1-25-16-11-18(23-19(24)14-7-3-2-4-8-14)20(22-12-16)26-13-15-9-5-6-10-17(15)21/h2-12H,13H2,1H3,(H,23,24). The van der Waals surface area contributed by atoms with Gasteiger partial charge in [0.25, 0.3) is 5.91 Å². The van der Waals surface area contributed by atoms with Crippen LogP contribution >= 0.6 is 11.6 Å². The van der Waals surface area contributed by atoms with Gasteiger partial charge in [-0.1, -0.05) is 48.0 Å². The first-order valence-electron chi connectivity index (χ1n) is 7.94. The maximum Gasteiger partial charge on any atom is 0.255 e. The molecule has 0 saturated heterocycles. The number of methoxy groups -OCH3 is 1. The number of nitrogens with one attached hydrogen (secondary N) is 1. The largest absolute Gasteiger partial charge is 0.495 e. The number of halogens is 1. The van der Waals surface area contributed by atoms with Gasteiger partial charge in [-0.25, -0.2) is 4.98 Å². The number of carbonyl (C=O) groups is 1. The number of benzene rings is 2. The van der Waals surface area contributed by atoms with Crippen molar-refractivity contribution in [1.82, 2.24) is 4.98 Å². The number of ether oxygens (including phenoxy) is 2. The Hall–Kier alpha value is -3.05. The Labute approximate surface area is 156 Å². The maximum atomic E-state index is 12.4. The number of carbonyl (C=O) groups excluding carboxylic acids is 1. The quantitative estimate of drug-likeness (QED) is 0.692. The van der Waals surface area contributed by atoms with Gasteiger partial charge in [0.1, 0.15) is 18.0 Å². The summed E-state index contributed by atoms with van der Waals surface area (Å²) in [5.74, 6) is 0.539. The molecule has 1 aromatic heterocycles. The van der Waals surface area contributed by atoms with Crippen LogP contribution in [0.25, 0.3) is 0 Å². The van der Waals surface area contributed by atoms with Crippen LogP contribution in [-0.4, -0.2) is 18.0 Å². The Bertz CT molecular complexity index is 901. The number of aromatic nitrogens is 1. The highest BCUT2D eigenvalue weighted by molar-refractivity contribution is 6.31. The fourth-order valence-electron chi connectivity index (χ4n) is 2.29. The van der Waals surface area contributed by atoms with Crippen LogP contribution in [0.3, 0.4) is 0 Å². The monoisotopic (exact) mass is 368 g/mol. The van der Waals surface area contributed by atoms with E-state index in [1.54, 1.807) is 36.4 Å². The molecule has 1 N–H and O–H groups in total. The molecule has 0 aliphatic heterocycles. The van der Waals surface area contributed by atoms with E-state index in [-0.39, 0.29) is 18.4 Å². The second-order valence-corrected chi connectivity index (χ2v) is 5.84. The highest BCUT2D eigenvalue weighted by atomic mass is 35.5. The molecule has 0 saturated carbocycles. The molecule has 26 heavy (non-hydrogen) atoms. The van der Waals surface area contributed by atoms with Gasteiger partial charge in [0.15, 0.2) is 0 Å². The van der Waals surface area contributed by atoms with Crippen LogP contribution in [0.2, 0.25) is 5.02 Å². The molecule has 1 heterocycles. The third-order valence-corrected chi connectivity index (χ3v) is 4.04. The fraction of sp³-hybridized carbons (Fsp3) is 0.100. The van der Waals surface area contributed by atoms with Crippen molar-refractivity contribution in [3.63, 3.8) is 0 Å². The average molecular weight is 369 g/mol. The van der Waals surface area contributed by atoms with E-state index in [1.165, 1.54) is 13.3 Å². The van der Waals surface area contributed by atoms with Crippen LogP contribution in [0.4, 0.5) is 5.69 Å². The van der Waals surface area contributed by atoms with E-state index in [2.05, 4.69) is 10.3 Å². The molecule has 0 bridgehead atoms. The fourth-order valence-corrected chi connectivity index (χ4v) is 2.49. The summed E-state index contributed by atoms with van der Waals surface area (Å²) in [7, 11) is 1.53. The molecule has 0 fully saturated rings. The first-order valence-corrected chi connectivity index (χ1v) is 8.32. The van der Waals surface area contributed by atoms with Gasteiger partial charge >= 0.3 is 0 Å². The van der Waals surface area contributed by atoms with Gasteiger partial charge in [-0.05, 0) is 18.2 Å². The lowest BCUT2D eigenvalue weighted by atomic mass is 10.2. The van der Waals surface area contributed by atoms with Gasteiger partial charge in [0, 0.05) is 22.2 Å². The number of anilines is 1. The number of rotatable bonds is 6. The topological polar surface area (TPSA) is 60.5 Å². The minimum Gasteiger partial charge on any atom is -0.495 e. The molecule has 1 amide bonds. The van der Waals surface area contributed by atoms with Gasteiger partial charge in [-0.2, -0.15) is 0 Å². The lowest BCUT2D eigenvalue weighted by molar-refractivity contribution is 0.102. The second-order valence-electron chi connectivity index (χ2n) is 5.43. The molecule has 2 aromatic carbocycles. The summed E-state index contributed by atoms with van der Waals surface area (Å²) in [6.07, 6.45) is 1.53. The molecule has 3 rings (SSSR count). The summed E-state index contributed by atoms with van der Waals surface area (Å²) in [5.41, 5.74) is 1.78. The average Bonchev–Trinajstić information content (AvgIpc) is 2.68. The first-order chi connectivity index (χ1) is 12.7. The summed E-state index contributed by atoms with van der Waals surface area (Å²) in [6.45, 7) is 0.229. The molecule has 0 spiro atoms. The van der Waals surface area contributed by atoms with Crippen LogP contribution in [0.15, 0.2) is 66.9 Å². The SMILES string of the molecule is COc1cnc(OCc2ccccc2Cl)c(NC(=O)c2ccccc2)c1. The van der Waals surface area contributed by atoms with Crippen molar-refractivity contribution in [2.24, 2.45) is 0 Å². The predicted octanol–water partition coefficient (Wildman–Crippen LogP) is 4.57. The van der Waals surface area contributed by atoms with Crippen molar-refractivity contribution < 1.29 is 14.3 Å². The molecular formula is C20H17ClN2O3. The molecule has 0 unspecified atom stereocenters. The van der Waals surface area contributed by atoms with Crippen LogP contribution < -0.4 is 14.8 Å². The second kappa shape index (κ2) is 8.36. The Balaban J connectivity index is 1.81. The molecule has 5 nitrogen and oxygen atoms in total. The molecule has 0 radical (unpaired) electrons. The number of nitrogens with zero attached hydrogens (tertiary/aromatic N) is 1. The summed E-state index contributed by atoms with van der Waals surface area (Å²) >= 11 is 6.15. The van der Waals surface area contributed by atoms with E-state index in [9.17, 15) is 4.79 Å². The number of hydrogen-bond acceptors (Lipinski definition) is 4. The molecule has 6 heteroatoms. The minimum absolute atomic E-state index is 0.229. The van der Waals surface area contributed by atoms with E-state index in [4.69, 9.17) is 21.1 Å². The third kappa shape index (κ3) is 4.32. The van der Waals surface area contributed by atoms with Crippen molar-refractivity contribution in [2.75, 3.05) is 12.4 Å². The van der Waals surface area contributed by atoms with E-state index in [0.717, 1.165) is 5.56 Å². The summed E-state index contributed by atoms with van der Waals surface area (Å²) in [4.78, 5) is 16.7. The molecule has 132 valence electrons. The zero-order valence-electron chi connectivity index (χ0n) is 14.1. The third-order valence-electron chi connectivity index (χ3n) is 3.67. The van der Waals surface area contributed by atoms with Gasteiger partial charge < -0.3 is 14.8 Å². The lowest BCUT2D eigenvalue weighted by Crippen LogP contribution is -2.13. The number of amides is 1. The summed E-state index contributed by atoms with van der Waals surface area (Å²) < 4.78 is 11.0. The van der Waals surface area contributed by atoms with Crippen LogP contribution in [-0.2, 0) is 6.61 Å². The Morgan fingerprint density at radius 1 is 1.12 bits per heavy atom. The van der Waals surface area contributed by atoms with Crippen molar-refractivity contribution in [3.8, 4) is 11.6 Å². The number of pyridine rings is 1. The maximum absolute atomic E-state index is 12.4. The Morgan fingerprint density at radius 3 is 2.58 bits per heavy atom. The lowest BCUT2D eigenvalue weighted by Gasteiger charge is -2.13. The van der Waals surface area contributed by atoms with E-state index < -0.39 is 0 Å². The van der Waals surface area contributed by atoms with Crippen molar-refractivity contribution in [3.05, 3.63) is 83.0 Å². The van der Waals surface area contributed by atoms with Gasteiger partial charge in [-0.15, -0.1) is 0 Å². The summed E-state index contributed by atoms with van der Waals surface area (Å²) in [6, 6.07) is 18.0.